The van der Waals surface area contributed by atoms with Crippen molar-refractivity contribution < 1.29 is 4.79 Å². The van der Waals surface area contributed by atoms with Gasteiger partial charge in [-0.3, -0.25) is 4.79 Å². The molecule has 0 atom stereocenters. The molecule has 1 fully saturated rings. The van der Waals surface area contributed by atoms with E-state index in [1.807, 2.05) is 12.1 Å². The van der Waals surface area contributed by atoms with Crippen molar-refractivity contribution >= 4 is 28.9 Å². The Morgan fingerprint density at radius 1 is 1.39 bits per heavy atom. The Hall–Kier alpha value is -1.42. The van der Waals surface area contributed by atoms with Crippen LogP contribution in [0, 0.1) is 5.92 Å². The van der Waals surface area contributed by atoms with Crippen molar-refractivity contribution in [3.8, 4) is 0 Å². The molecule has 1 heterocycles. The van der Waals surface area contributed by atoms with Gasteiger partial charge in [-0.25, -0.2) is 0 Å². The molecule has 0 bridgehead atoms. The number of amides is 1. The smallest absolute Gasteiger partial charge is 0.217 e. The van der Waals surface area contributed by atoms with Crippen molar-refractivity contribution in [1.82, 2.24) is 0 Å². The predicted octanol–water partition coefficient (Wildman–Crippen LogP) is 2.01. The number of hydrogen-bond donors (Lipinski definition) is 2. The number of benzene rings is 1. The van der Waals surface area contributed by atoms with E-state index >= 15 is 0 Å². The molecule has 1 aliphatic heterocycles. The van der Waals surface area contributed by atoms with E-state index in [0.717, 1.165) is 37.3 Å². The van der Waals surface area contributed by atoms with E-state index in [1.165, 1.54) is 0 Å². The summed E-state index contributed by atoms with van der Waals surface area (Å²) < 4.78 is 0. The lowest BCUT2D eigenvalue weighted by Gasteiger charge is -2.34. The summed E-state index contributed by atoms with van der Waals surface area (Å²) in [5, 5.41) is 0.693. The highest BCUT2D eigenvalue weighted by Crippen LogP contribution is 2.31. The van der Waals surface area contributed by atoms with Crippen LogP contribution in [0.15, 0.2) is 18.2 Å². The maximum Gasteiger partial charge on any atom is 0.217 e. The average Bonchev–Trinajstić information content (AvgIpc) is 2.33. The molecule has 0 saturated carbocycles. The molecule has 18 heavy (non-hydrogen) atoms. The second kappa shape index (κ2) is 5.48. The second-order valence-corrected chi connectivity index (χ2v) is 5.24. The van der Waals surface area contributed by atoms with Gasteiger partial charge in [0.15, 0.2) is 0 Å². The Morgan fingerprint density at radius 3 is 2.67 bits per heavy atom. The summed E-state index contributed by atoms with van der Waals surface area (Å²) >= 11 is 5.99. The summed E-state index contributed by atoms with van der Waals surface area (Å²) in [6.45, 7) is 1.78. The molecule has 98 valence electrons. The number of rotatable bonds is 3. The Balaban J connectivity index is 2.01. The van der Waals surface area contributed by atoms with Gasteiger partial charge in [-0.1, -0.05) is 11.6 Å². The number of anilines is 2. The van der Waals surface area contributed by atoms with Crippen LogP contribution in [0.5, 0.6) is 0 Å². The molecule has 5 heteroatoms. The van der Waals surface area contributed by atoms with Gasteiger partial charge in [0, 0.05) is 24.5 Å². The summed E-state index contributed by atoms with van der Waals surface area (Å²) in [6, 6.07) is 5.51. The molecule has 4 nitrogen and oxygen atoms in total. The van der Waals surface area contributed by atoms with Gasteiger partial charge in [-0.05, 0) is 37.0 Å². The molecule has 1 aliphatic rings. The molecular formula is C13H18ClN3O. The van der Waals surface area contributed by atoms with Gasteiger partial charge in [-0.2, -0.15) is 0 Å². The third-order valence-corrected chi connectivity index (χ3v) is 3.67. The summed E-state index contributed by atoms with van der Waals surface area (Å²) in [7, 11) is 0. The van der Waals surface area contributed by atoms with Crippen molar-refractivity contribution in [3.05, 3.63) is 23.2 Å². The number of carbonyl (C=O) groups excluding carboxylic acids is 1. The van der Waals surface area contributed by atoms with Gasteiger partial charge in [0.2, 0.25) is 5.91 Å². The molecule has 0 spiro atoms. The second-order valence-electron chi connectivity index (χ2n) is 4.80. The zero-order valence-electron chi connectivity index (χ0n) is 10.2. The fourth-order valence-corrected chi connectivity index (χ4v) is 2.62. The zero-order chi connectivity index (χ0) is 13.1. The van der Waals surface area contributed by atoms with Crippen LogP contribution in [-0.4, -0.2) is 19.0 Å². The number of piperidine rings is 1. The topological polar surface area (TPSA) is 72.4 Å². The summed E-state index contributed by atoms with van der Waals surface area (Å²) in [5.74, 6) is 0.190. The Kier molecular flexibility index (Phi) is 3.97. The monoisotopic (exact) mass is 267 g/mol. The van der Waals surface area contributed by atoms with Crippen LogP contribution >= 0.6 is 11.6 Å². The van der Waals surface area contributed by atoms with Crippen LogP contribution < -0.4 is 16.4 Å². The van der Waals surface area contributed by atoms with Crippen LogP contribution in [0.25, 0.3) is 0 Å². The molecule has 0 unspecified atom stereocenters. The SMILES string of the molecule is NC(=O)CC1CCN(c2cc(Cl)ccc2N)CC1. The highest BCUT2D eigenvalue weighted by Gasteiger charge is 2.21. The van der Waals surface area contributed by atoms with Crippen molar-refractivity contribution in [3.63, 3.8) is 0 Å². The maximum absolute atomic E-state index is 10.9. The molecule has 0 radical (unpaired) electrons. The molecule has 1 amide bonds. The molecule has 1 aromatic rings. The minimum atomic E-state index is -0.212. The average molecular weight is 268 g/mol. The minimum Gasteiger partial charge on any atom is -0.397 e. The highest BCUT2D eigenvalue weighted by molar-refractivity contribution is 6.31. The number of hydrogen-bond acceptors (Lipinski definition) is 3. The van der Waals surface area contributed by atoms with Crippen molar-refractivity contribution in [2.24, 2.45) is 11.7 Å². The fourth-order valence-electron chi connectivity index (χ4n) is 2.45. The number of nitrogens with zero attached hydrogens (tertiary/aromatic N) is 1. The standard InChI is InChI=1S/C13H18ClN3O/c14-10-1-2-11(15)12(8-10)17-5-3-9(4-6-17)7-13(16)18/h1-2,8-9H,3-7,15H2,(H2,16,18). The maximum atomic E-state index is 10.9. The van der Waals surface area contributed by atoms with E-state index < -0.39 is 0 Å². The Labute approximate surface area is 112 Å². The molecule has 4 N–H and O–H groups in total. The summed E-state index contributed by atoms with van der Waals surface area (Å²) in [4.78, 5) is 13.1. The van der Waals surface area contributed by atoms with Gasteiger partial charge >= 0.3 is 0 Å². The van der Waals surface area contributed by atoms with Gasteiger partial charge < -0.3 is 16.4 Å². The Morgan fingerprint density at radius 2 is 2.06 bits per heavy atom. The molecule has 0 aliphatic carbocycles. The number of carbonyl (C=O) groups is 1. The number of halogens is 1. The van der Waals surface area contributed by atoms with E-state index in [0.29, 0.717) is 17.4 Å². The van der Waals surface area contributed by atoms with E-state index in [4.69, 9.17) is 23.1 Å². The molecule has 1 saturated heterocycles. The minimum absolute atomic E-state index is 0.212. The van der Waals surface area contributed by atoms with Gasteiger partial charge in [0.25, 0.3) is 0 Å². The first kappa shape index (κ1) is 13.0. The van der Waals surface area contributed by atoms with Crippen molar-refractivity contribution in [2.75, 3.05) is 23.7 Å². The number of nitrogen functional groups attached to an aromatic ring is 1. The third-order valence-electron chi connectivity index (χ3n) is 3.44. The first-order valence-corrected chi connectivity index (χ1v) is 6.52. The quantitative estimate of drug-likeness (QED) is 0.823. The van der Waals surface area contributed by atoms with Crippen LogP contribution in [0.3, 0.4) is 0 Å². The van der Waals surface area contributed by atoms with Gasteiger partial charge in [0.1, 0.15) is 0 Å². The van der Waals surface area contributed by atoms with Crippen LogP contribution in [0.1, 0.15) is 19.3 Å². The van der Waals surface area contributed by atoms with Crippen LogP contribution in [0.2, 0.25) is 5.02 Å². The van der Waals surface area contributed by atoms with E-state index in [2.05, 4.69) is 4.90 Å². The zero-order valence-corrected chi connectivity index (χ0v) is 11.0. The number of primary amides is 1. The molecule has 0 aromatic heterocycles. The Bertz CT molecular complexity index is 442. The summed E-state index contributed by atoms with van der Waals surface area (Å²) in [5.41, 5.74) is 12.9. The first-order valence-electron chi connectivity index (χ1n) is 6.14. The lowest BCUT2D eigenvalue weighted by atomic mass is 9.93. The largest absolute Gasteiger partial charge is 0.397 e. The third kappa shape index (κ3) is 3.07. The van der Waals surface area contributed by atoms with E-state index in [-0.39, 0.29) is 5.91 Å². The molecule has 1 aromatic carbocycles. The highest BCUT2D eigenvalue weighted by atomic mass is 35.5. The summed E-state index contributed by atoms with van der Waals surface area (Å²) in [6.07, 6.45) is 2.42. The predicted molar refractivity (Wildman–Crippen MR) is 74.6 cm³/mol. The van der Waals surface area contributed by atoms with Crippen molar-refractivity contribution in [2.45, 2.75) is 19.3 Å². The first-order chi connectivity index (χ1) is 8.56. The lowest BCUT2D eigenvalue weighted by molar-refractivity contribution is -0.119. The number of nitrogens with two attached hydrogens (primary N) is 2. The van der Waals surface area contributed by atoms with E-state index in [9.17, 15) is 4.79 Å². The molecule has 2 rings (SSSR count). The van der Waals surface area contributed by atoms with Gasteiger partial charge in [-0.15, -0.1) is 0 Å². The van der Waals surface area contributed by atoms with Gasteiger partial charge in [0.05, 0.1) is 11.4 Å². The molecular weight excluding hydrogens is 250 g/mol. The van der Waals surface area contributed by atoms with Crippen molar-refractivity contribution in [1.29, 1.82) is 0 Å². The van der Waals surface area contributed by atoms with E-state index in [1.54, 1.807) is 6.07 Å². The van der Waals surface area contributed by atoms with Crippen LogP contribution in [0.4, 0.5) is 11.4 Å². The lowest BCUT2D eigenvalue weighted by Crippen LogP contribution is -2.35. The van der Waals surface area contributed by atoms with Crippen LogP contribution in [-0.2, 0) is 4.79 Å². The normalized spacial score (nSPS) is 16.8. The fraction of sp³-hybridized carbons (Fsp3) is 0.462.